The molecule has 0 atom stereocenters. The van der Waals surface area contributed by atoms with E-state index in [4.69, 9.17) is 5.73 Å². The zero-order valence-corrected chi connectivity index (χ0v) is 14.3. The first-order valence-corrected chi connectivity index (χ1v) is 8.51. The highest BCUT2D eigenvalue weighted by atomic mass is 15.4. The van der Waals surface area contributed by atoms with Gasteiger partial charge in [-0.2, -0.15) is 5.10 Å². The number of nitrogens with two attached hydrogens (primary N) is 1. The van der Waals surface area contributed by atoms with Gasteiger partial charge >= 0.3 is 0 Å². The molecule has 1 aliphatic carbocycles. The maximum absolute atomic E-state index is 5.82. The van der Waals surface area contributed by atoms with Crippen molar-refractivity contribution >= 4 is 11.7 Å². The first-order valence-electron chi connectivity index (χ1n) is 8.51. The van der Waals surface area contributed by atoms with Crippen LogP contribution in [-0.4, -0.2) is 18.2 Å². The number of rotatable bonds is 5. The van der Waals surface area contributed by atoms with Crippen molar-refractivity contribution in [2.24, 2.45) is 15.8 Å². The molecule has 0 saturated carbocycles. The van der Waals surface area contributed by atoms with Gasteiger partial charge in [0.25, 0.3) is 0 Å². The van der Waals surface area contributed by atoms with E-state index in [9.17, 15) is 0 Å². The minimum Gasteiger partial charge on any atom is -0.369 e. The second-order valence-electron chi connectivity index (χ2n) is 6.14. The topological polar surface area (TPSA) is 62.8 Å². The van der Waals surface area contributed by atoms with E-state index in [1.165, 1.54) is 22.3 Å². The van der Waals surface area contributed by atoms with Crippen molar-refractivity contribution in [3.63, 3.8) is 0 Å². The molecule has 3 N–H and O–H groups in total. The Kier molecular flexibility index (Phi) is 4.94. The van der Waals surface area contributed by atoms with E-state index in [1.807, 2.05) is 6.92 Å². The summed E-state index contributed by atoms with van der Waals surface area (Å²) in [6.45, 7) is 4.85. The van der Waals surface area contributed by atoms with Gasteiger partial charge in [-0.25, -0.2) is 5.43 Å². The second-order valence-corrected chi connectivity index (χ2v) is 6.14. The fourth-order valence-electron chi connectivity index (χ4n) is 2.97. The molecule has 0 amide bonds. The quantitative estimate of drug-likeness (QED) is 0.326. The van der Waals surface area contributed by atoms with Crippen molar-refractivity contribution in [2.45, 2.75) is 33.1 Å². The van der Waals surface area contributed by atoms with Crippen molar-refractivity contribution in [3.05, 3.63) is 59.2 Å². The van der Waals surface area contributed by atoms with E-state index < -0.39 is 0 Å². The Hall–Kier alpha value is -2.62. The molecule has 124 valence electrons. The minimum absolute atomic E-state index is 0.372. The highest BCUT2D eigenvalue weighted by Gasteiger charge is 2.18. The van der Waals surface area contributed by atoms with Gasteiger partial charge < -0.3 is 5.73 Å². The lowest BCUT2D eigenvalue weighted by atomic mass is 10.0. The molecule has 3 rings (SSSR count). The van der Waals surface area contributed by atoms with Crippen LogP contribution in [0.4, 0.5) is 0 Å². The van der Waals surface area contributed by atoms with Gasteiger partial charge in [0.1, 0.15) is 0 Å². The summed E-state index contributed by atoms with van der Waals surface area (Å²) in [6.07, 6.45) is 3.13. The standard InChI is InChI=1S/C20H24N4/c1-3-4-11-22-20(21)24-23-14(2)15-9-10-19-17(12-15)13-16-7-5-6-8-18(16)19/h5-10,12H,3-4,11,13H2,1-2H3,(H3,21,22,24). The molecular formula is C20H24N4. The number of guanidine groups is 1. The largest absolute Gasteiger partial charge is 0.369 e. The van der Waals surface area contributed by atoms with Gasteiger partial charge in [0.15, 0.2) is 0 Å². The van der Waals surface area contributed by atoms with Gasteiger partial charge in [-0.1, -0.05) is 49.7 Å². The average molecular weight is 320 g/mol. The number of hydrazone groups is 1. The number of hydrogen-bond acceptors (Lipinski definition) is 2. The molecule has 0 aliphatic heterocycles. The van der Waals surface area contributed by atoms with Gasteiger partial charge in [-0.05, 0) is 53.6 Å². The molecule has 0 fully saturated rings. The third-order valence-corrected chi connectivity index (χ3v) is 4.34. The number of fused-ring (bicyclic) bond motifs is 3. The molecule has 1 aliphatic rings. The summed E-state index contributed by atoms with van der Waals surface area (Å²) in [6, 6.07) is 15.1. The number of hydrogen-bond donors (Lipinski definition) is 2. The fraction of sp³-hybridized carbons (Fsp3) is 0.300. The molecule has 0 saturated heterocycles. The van der Waals surface area contributed by atoms with E-state index in [2.05, 4.69) is 64.9 Å². The SMILES string of the molecule is CCCCN=C(N)NN=C(C)c1ccc2c(c1)Cc1ccccc1-2. The molecule has 0 bridgehead atoms. The summed E-state index contributed by atoms with van der Waals surface area (Å²) in [7, 11) is 0. The summed E-state index contributed by atoms with van der Waals surface area (Å²) in [5.74, 6) is 0.372. The lowest BCUT2D eigenvalue weighted by Gasteiger charge is -2.06. The second kappa shape index (κ2) is 7.30. The first-order chi connectivity index (χ1) is 11.7. The predicted molar refractivity (Wildman–Crippen MR) is 101 cm³/mol. The number of benzene rings is 2. The smallest absolute Gasteiger partial charge is 0.209 e. The third-order valence-electron chi connectivity index (χ3n) is 4.34. The van der Waals surface area contributed by atoms with Crippen LogP contribution in [0.1, 0.15) is 43.4 Å². The van der Waals surface area contributed by atoms with Crippen LogP contribution in [0.3, 0.4) is 0 Å². The van der Waals surface area contributed by atoms with Gasteiger partial charge in [-0.15, -0.1) is 0 Å². The maximum atomic E-state index is 5.82. The fourth-order valence-corrected chi connectivity index (χ4v) is 2.97. The predicted octanol–water partition coefficient (Wildman–Crippen LogP) is 3.69. The molecular weight excluding hydrogens is 296 g/mol. The van der Waals surface area contributed by atoms with Gasteiger partial charge in [-0.3, -0.25) is 4.99 Å². The average Bonchev–Trinajstić information content (AvgIpc) is 2.97. The molecule has 2 aromatic rings. The van der Waals surface area contributed by atoms with Crippen LogP contribution >= 0.6 is 0 Å². The van der Waals surface area contributed by atoms with E-state index in [-0.39, 0.29) is 0 Å². The molecule has 0 aromatic heterocycles. The molecule has 4 nitrogen and oxygen atoms in total. The van der Waals surface area contributed by atoms with Gasteiger partial charge in [0.05, 0.1) is 5.71 Å². The summed E-state index contributed by atoms with van der Waals surface area (Å²) in [5.41, 5.74) is 16.1. The van der Waals surface area contributed by atoms with Crippen molar-refractivity contribution in [1.29, 1.82) is 0 Å². The number of aliphatic imine (C=N–C) groups is 1. The Labute approximate surface area is 143 Å². The minimum atomic E-state index is 0.372. The molecule has 0 unspecified atom stereocenters. The first kappa shape index (κ1) is 16.2. The van der Waals surface area contributed by atoms with Crippen LogP contribution in [0.25, 0.3) is 11.1 Å². The number of nitrogens with one attached hydrogen (secondary N) is 1. The van der Waals surface area contributed by atoms with Crippen LogP contribution in [-0.2, 0) is 6.42 Å². The molecule has 4 heteroatoms. The lowest BCUT2D eigenvalue weighted by molar-refractivity contribution is 0.799. The normalized spacial score (nSPS) is 13.6. The molecule has 0 spiro atoms. The summed E-state index contributed by atoms with van der Waals surface area (Å²) >= 11 is 0. The Morgan fingerprint density at radius 1 is 1.12 bits per heavy atom. The maximum Gasteiger partial charge on any atom is 0.209 e. The highest BCUT2D eigenvalue weighted by molar-refractivity contribution is 6.00. The van der Waals surface area contributed by atoms with Crippen molar-refractivity contribution in [2.75, 3.05) is 6.54 Å². The van der Waals surface area contributed by atoms with Crippen molar-refractivity contribution in [3.8, 4) is 11.1 Å². The van der Waals surface area contributed by atoms with Gasteiger partial charge in [0.2, 0.25) is 5.96 Å². The molecule has 0 radical (unpaired) electrons. The Morgan fingerprint density at radius 2 is 1.92 bits per heavy atom. The highest BCUT2D eigenvalue weighted by Crippen LogP contribution is 2.36. The van der Waals surface area contributed by atoms with Crippen molar-refractivity contribution in [1.82, 2.24) is 5.43 Å². The Bertz CT molecular complexity index is 790. The molecule has 0 heterocycles. The van der Waals surface area contributed by atoms with E-state index in [1.54, 1.807) is 0 Å². The van der Waals surface area contributed by atoms with Crippen LogP contribution in [0, 0.1) is 0 Å². The Morgan fingerprint density at radius 3 is 2.75 bits per heavy atom. The summed E-state index contributed by atoms with van der Waals surface area (Å²) in [5, 5.41) is 4.36. The third kappa shape index (κ3) is 3.48. The molecule has 24 heavy (non-hydrogen) atoms. The Balaban J connectivity index is 1.73. The van der Waals surface area contributed by atoms with Crippen LogP contribution < -0.4 is 11.2 Å². The number of unbranched alkanes of at least 4 members (excludes halogenated alkanes) is 1. The zero-order chi connectivity index (χ0) is 16.9. The number of nitrogens with zero attached hydrogens (tertiary/aromatic N) is 2. The lowest BCUT2D eigenvalue weighted by Crippen LogP contribution is -2.28. The van der Waals surface area contributed by atoms with E-state index in [0.29, 0.717) is 5.96 Å². The van der Waals surface area contributed by atoms with Crippen LogP contribution in [0.2, 0.25) is 0 Å². The monoisotopic (exact) mass is 320 g/mol. The van der Waals surface area contributed by atoms with E-state index >= 15 is 0 Å². The summed E-state index contributed by atoms with van der Waals surface area (Å²) < 4.78 is 0. The molecule has 2 aromatic carbocycles. The zero-order valence-electron chi connectivity index (χ0n) is 14.3. The summed E-state index contributed by atoms with van der Waals surface area (Å²) in [4.78, 5) is 4.24. The van der Waals surface area contributed by atoms with Gasteiger partial charge in [0, 0.05) is 6.54 Å². The van der Waals surface area contributed by atoms with Crippen molar-refractivity contribution < 1.29 is 0 Å². The van der Waals surface area contributed by atoms with E-state index in [0.717, 1.165) is 37.1 Å². The van der Waals surface area contributed by atoms with Crippen LogP contribution in [0.15, 0.2) is 52.6 Å². The van der Waals surface area contributed by atoms with Crippen LogP contribution in [0.5, 0.6) is 0 Å².